The van der Waals surface area contributed by atoms with Crippen molar-refractivity contribution in [1.29, 1.82) is 0 Å². The van der Waals surface area contributed by atoms with Crippen LogP contribution >= 0.6 is 0 Å². The topological polar surface area (TPSA) is 96.3 Å². The Morgan fingerprint density at radius 3 is 2.67 bits per heavy atom. The number of hydrogen-bond donors (Lipinski definition) is 2. The number of ether oxygens (including phenoxy) is 1. The van der Waals surface area contributed by atoms with Gasteiger partial charge in [-0.1, -0.05) is 18.2 Å². The lowest BCUT2D eigenvalue weighted by Crippen LogP contribution is -2.18. The molecule has 0 atom stereocenters. The largest absolute Gasteiger partial charge is 0.460 e. The minimum absolute atomic E-state index is 0.122. The van der Waals surface area contributed by atoms with Crippen LogP contribution in [0.3, 0.4) is 0 Å². The maximum atomic E-state index is 11.6. The Labute approximate surface area is 103 Å². The van der Waals surface area contributed by atoms with Gasteiger partial charge >= 0.3 is 5.97 Å². The zero-order valence-corrected chi connectivity index (χ0v) is 9.70. The first-order valence-electron chi connectivity index (χ1n) is 5.15. The van der Waals surface area contributed by atoms with E-state index in [0.29, 0.717) is 5.56 Å². The summed E-state index contributed by atoms with van der Waals surface area (Å²) in [5, 5.41) is 16.3. The van der Waals surface area contributed by atoms with E-state index >= 15 is 0 Å². The van der Waals surface area contributed by atoms with Gasteiger partial charge in [-0.15, -0.1) is 0 Å². The molecule has 1 rings (SSSR count). The first kappa shape index (κ1) is 14.3. The molecule has 0 saturated carbocycles. The highest BCUT2D eigenvalue weighted by Gasteiger charge is 2.17. The molecule has 7 nitrogen and oxygen atoms in total. The second-order valence-corrected chi connectivity index (χ2v) is 3.28. The fourth-order valence-corrected chi connectivity index (χ4v) is 1.25. The highest BCUT2D eigenvalue weighted by molar-refractivity contribution is 6.40. The predicted molar refractivity (Wildman–Crippen MR) is 57.6 cm³/mol. The number of rotatable bonds is 6. The number of hydrogen-bond acceptors (Lipinski definition) is 7. The van der Waals surface area contributed by atoms with Crippen LogP contribution in [0.25, 0.3) is 0 Å². The van der Waals surface area contributed by atoms with Gasteiger partial charge in [0.2, 0.25) is 0 Å². The lowest BCUT2D eigenvalue weighted by Gasteiger charge is -2.07. The summed E-state index contributed by atoms with van der Waals surface area (Å²) in [6, 6.07) is 6.01. The Morgan fingerprint density at radius 2 is 2.06 bits per heavy atom. The van der Waals surface area contributed by atoms with Gasteiger partial charge in [-0.25, -0.2) is 9.63 Å². The molecule has 0 aliphatic rings. The van der Waals surface area contributed by atoms with Gasteiger partial charge in [0.25, 0.3) is 5.78 Å². The fraction of sp³-hybridized carbons (Fsp3) is 0.273. The molecule has 0 aliphatic carbocycles. The van der Waals surface area contributed by atoms with Crippen molar-refractivity contribution in [2.24, 2.45) is 0 Å². The number of Topliss-reactive ketones (excluding diaryl/α,β-unsaturated/α-hetero) is 1. The van der Waals surface area contributed by atoms with Gasteiger partial charge in [0.15, 0.2) is 0 Å². The Kier molecular flexibility index (Phi) is 5.40. The van der Waals surface area contributed by atoms with Crippen molar-refractivity contribution in [2.75, 3.05) is 6.61 Å². The lowest BCUT2D eigenvalue weighted by atomic mass is 10.1. The Bertz CT molecular complexity index is 431. The van der Waals surface area contributed by atoms with Gasteiger partial charge in [-0.3, -0.25) is 15.2 Å². The smallest absolute Gasteiger partial charge is 0.379 e. The van der Waals surface area contributed by atoms with Crippen molar-refractivity contribution < 1.29 is 29.6 Å². The molecular weight excluding hydrogens is 242 g/mol. The van der Waals surface area contributed by atoms with Crippen LogP contribution < -0.4 is 0 Å². The van der Waals surface area contributed by atoms with Gasteiger partial charge in [0, 0.05) is 5.56 Å². The summed E-state index contributed by atoms with van der Waals surface area (Å²) in [7, 11) is 0. The van der Waals surface area contributed by atoms with Crippen LogP contribution in [0.1, 0.15) is 22.8 Å². The predicted octanol–water partition coefficient (Wildman–Crippen LogP) is 0.944. The minimum atomic E-state index is -0.929. The summed E-state index contributed by atoms with van der Waals surface area (Å²) in [5.74, 6) is -1.69. The second kappa shape index (κ2) is 6.82. The second-order valence-electron chi connectivity index (χ2n) is 3.28. The van der Waals surface area contributed by atoms with E-state index in [1.54, 1.807) is 19.1 Å². The van der Waals surface area contributed by atoms with Crippen molar-refractivity contribution in [3.05, 3.63) is 35.4 Å². The van der Waals surface area contributed by atoms with Gasteiger partial charge in [-0.05, 0) is 18.6 Å². The zero-order valence-electron chi connectivity index (χ0n) is 9.70. The molecule has 1 aromatic rings. The van der Waals surface area contributed by atoms with Gasteiger partial charge < -0.3 is 4.74 Å². The molecule has 0 amide bonds. The molecule has 0 spiro atoms. The van der Waals surface area contributed by atoms with Crippen LogP contribution in [-0.4, -0.2) is 34.2 Å². The van der Waals surface area contributed by atoms with Crippen LogP contribution in [0.15, 0.2) is 24.3 Å². The monoisotopic (exact) mass is 255 g/mol. The van der Waals surface area contributed by atoms with Crippen molar-refractivity contribution in [2.45, 2.75) is 13.5 Å². The summed E-state index contributed by atoms with van der Waals surface area (Å²) >= 11 is 0. The van der Waals surface area contributed by atoms with Crippen LogP contribution in [0.5, 0.6) is 0 Å². The Morgan fingerprint density at radius 1 is 1.33 bits per heavy atom. The van der Waals surface area contributed by atoms with Crippen LogP contribution in [0, 0.1) is 0 Å². The van der Waals surface area contributed by atoms with Crippen molar-refractivity contribution >= 4 is 11.8 Å². The standard InChI is InChI=1S/C11H13NO6/c1-2-17-11(14)10(13)9-5-3-4-8(6-9)7-18-12(15)16/h3-6,15-16H,2,7H2,1H3. The number of nitrogens with zero attached hydrogens (tertiary/aromatic N) is 1. The summed E-state index contributed by atoms with van der Waals surface area (Å²) < 4.78 is 4.59. The number of carbonyl (C=O) groups excluding carboxylic acids is 2. The number of esters is 1. The molecule has 0 radical (unpaired) electrons. The molecule has 0 heterocycles. The minimum Gasteiger partial charge on any atom is -0.460 e. The molecule has 7 heteroatoms. The Hall–Kier alpha value is -1.80. The zero-order chi connectivity index (χ0) is 13.5. The first-order valence-corrected chi connectivity index (χ1v) is 5.15. The summed E-state index contributed by atoms with van der Waals surface area (Å²) in [6.07, 6.45) is 0. The Balaban J connectivity index is 2.75. The first-order chi connectivity index (χ1) is 8.54. The van der Waals surface area contributed by atoms with Crippen molar-refractivity contribution in [3.8, 4) is 0 Å². The number of carbonyl (C=O) groups is 2. The maximum absolute atomic E-state index is 11.6. The molecule has 1 aromatic carbocycles. The van der Waals surface area contributed by atoms with E-state index in [1.165, 1.54) is 12.1 Å². The van der Waals surface area contributed by atoms with E-state index in [0.717, 1.165) is 0 Å². The third-order valence-electron chi connectivity index (χ3n) is 2.00. The number of benzene rings is 1. The molecule has 0 bridgehead atoms. The van der Waals surface area contributed by atoms with E-state index in [4.69, 9.17) is 10.4 Å². The van der Waals surface area contributed by atoms with Gasteiger partial charge in [-0.2, -0.15) is 0 Å². The molecule has 2 N–H and O–H groups in total. The molecular formula is C11H13NO6. The van der Waals surface area contributed by atoms with Crippen LogP contribution in [0.2, 0.25) is 0 Å². The SMILES string of the molecule is CCOC(=O)C(=O)c1cccc(CON(O)O)c1. The molecule has 0 saturated heterocycles. The summed E-state index contributed by atoms with van der Waals surface area (Å²) in [4.78, 5) is 27.2. The van der Waals surface area contributed by atoms with Crippen molar-refractivity contribution in [1.82, 2.24) is 5.39 Å². The van der Waals surface area contributed by atoms with Crippen molar-refractivity contribution in [3.63, 3.8) is 0 Å². The van der Waals surface area contributed by atoms with E-state index in [1.807, 2.05) is 0 Å². The van der Waals surface area contributed by atoms with Gasteiger partial charge in [0.05, 0.1) is 18.6 Å². The lowest BCUT2D eigenvalue weighted by molar-refractivity contribution is -0.497. The quantitative estimate of drug-likeness (QED) is 0.338. The fourth-order valence-electron chi connectivity index (χ4n) is 1.25. The highest BCUT2D eigenvalue weighted by atomic mass is 17.1. The summed E-state index contributed by atoms with van der Waals surface area (Å²) in [5.41, 5.74) is 0.648. The van der Waals surface area contributed by atoms with Gasteiger partial charge in [0.1, 0.15) is 0 Å². The number of ketones is 1. The molecule has 98 valence electrons. The highest BCUT2D eigenvalue weighted by Crippen LogP contribution is 2.08. The maximum Gasteiger partial charge on any atom is 0.379 e. The molecule has 18 heavy (non-hydrogen) atoms. The van der Waals surface area contributed by atoms with E-state index in [9.17, 15) is 9.59 Å². The third-order valence-corrected chi connectivity index (χ3v) is 2.00. The normalized spacial score (nSPS) is 10.4. The molecule has 0 unspecified atom stereocenters. The van der Waals surface area contributed by atoms with E-state index in [-0.39, 0.29) is 18.8 Å². The van der Waals surface area contributed by atoms with E-state index in [2.05, 4.69) is 9.57 Å². The molecule has 0 aliphatic heterocycles. The average Bonchev–Trinajstić information content (AvgIpc) is 2.36. The van der Waals surface area contributed by atoms with Crippen LogP contribution in [-0.2, 0) is 21.0 Å². The summed E-state index contributed by atoms with van der Waals surface area (Å²) in [6.45, 7) is 1.57. The van der Waals surface area contributed by atoms with Crippen LogP contribution in [0.4, 0.5) is 0 Å². The average molecular weight is 255 g/mol. The van der Waals surface area contributed by atoms with E-state index < -0.39 is 17.1 Å². The molecule has 0 aromatic heterocycles. The third kappa shape index (κ3) is 4.22. The molecule has 0 fully saturated rings.